The van der Waals surface area contributed by atoms with Crippen LogP contribution in [0.5, 0.6) is 0 Å². The Balaban J connectivity index is 0.000000280. The molecular weight excluding hydrogens is 237 g/mol. The summed E-state index contributed by atoms with van der Waals surface area (Å²) in [5.41, 5.74) is 3.94. The Labute approximate surface area is 105 Å². The van der Waals surface area contributed by atoms with E-state index in [1.54, 1.807) is 0 Å². The second kappa shape index (κ2) is 6.24. The summed E-state index contributed by atoms with van der Waals surface area (Å²) in [7, 11) is 0. The lowest BCUT2D eigenvalue weighted by Gasteiger charge is -2.04. The molecule has 0 N–H and O–H groups in total. The summed E-state index contributed by atoms with van der Waals surface area (Å²) < 4.78 is 31.1. The molecule has 96 valence electrons. The lowest BCUT2D eigenvalue weighted by molar-refractivity contribution is -0.110. The van der Waals surface area contributed by atoms with Crippen molar-refractivity contribution in [2.24, 2.45) is 0 Å². The Morgan fingerprint density at radius 1 is 0.778 bits per heavy atom. The summed E-state index contributed by atoms with van der Waals surface area (Å²) in [6, 6.07) is 18.9. The maximum Gasteiger partial charge on any atom is 0.386 e. The van der Waals surface area contributed by atoms with Crippen molar-refractivity contribution in [2.75, 3.05) is 0 Å². The average Bonchev–Trinajstić information content (AvgIpc) is 2.29. The zero-order chi connectivity index (χ0) is 13.6. The van der Waals surface area contributed by atoms with Crippen LogP contribution in [0.25, 0.3) is 11.1 Å². The summed E-state index contributed by atoms with van der Waals surface area (Å²) in [5, 5.41) is 0. The van der Waals surface area contributed by atoms with Crippen molar-refractivity contribution in [3.8, 4) is 11.1 Å². The normalized spacial score (nSPS) is 10.5. The molecule has 0 saturated heterocycles. The van der Waals surface area contributed by atoms with Gasteiger partial charge >= 0.3 is 6.18 Å². The third-order valence-corrected chi connectivity index (χ3v) is 2.23. The van der Waals surface area contributed by atoms with E-state index in [2.05, 4.69) is 55.5 Å². The van der Waals surface area contributed by atoms with Crippen molar-refractivity contribution in [2.45, 2.75) is 20.0 Å². The van der Waals surface area contributed by atoms with Crippen LogP contribution in [0.1, 0.15) is 12.5 Å². The Bertz CT molecular complexity index is 467. The molecule has 2 rings (SSSR count). The predicted octanol–water partition coefficient (Wildman–Crippen LogP) is 5.23. The molecule has 0 nitrogen and oxygen atoms in total. The lowest BCUT2D eigenvalue weighted by Crippen LogP contribution is -1.95. The van der Waals surface area contributed by atoms with Gasteiger partial charge in [0, 0.05) is 6.92 Å². The Morgan fingerprint density at radius 3 is 1.72 bits per heavy atom. The summed E-state index contributed by atoms with van der Waals surface area (Å²) >= 11 is 0. The third-order valence-electron chi connectivity index (χ3n) is 2.23. The first-order valence-corrected chi connectivity index (χ1v) is 5.55. The van der Waals surface area contributed by atoms with E-state index in [9.17, 15) is 13.2 Å². The van der Waals surface area contributed by atoms with Gasteiger partial charge in [-0.05, 0) is 23.6 Å². The van der Waals surface area contributed by atoms with Gasteiger partial charge in [0.2, 0.25) is 0 Å². The number of alkyl halides is 3. The summed E-state index contributed by atoms with van der Waals surface area (Å²) in [5.74, 6) is 0. The zero-order valence-corrected chi connectivity index (χ0v) is 10.3. The fraction of sp³-hybridized carbons (Fsp3) is 0.200. The van der Waals surface area contributed by atoms with Crippen LogP contribution in [0.15, 0.2) is 54.6 Å². The molecule has 0 heterocycles. The van der Waals surface area contributed by atoms with Gasteiger partial charge in [-0.15, -0.1) is 0 Å². The number of rotatable bonds is 1. The minimum Gasteiger partial charge on any atom is -0.172 e. The molecule has 2 aromatic carbocycles. The van der Waals surface area contributed by atoms with Gasteiger partial charge in [-0.3, -0.25) is 0 Å². The number of aryl methyl sites for hydroxylation is 1. The zero-order valence-electron chi connectivity index (χ0n) is 10.3. The SMILES string of the molecule is CC(F)(F)F.Cc1ccccc1-c1ccccc1. The molecule has 0 aliphatic carbocycles. The molecule has 0 atom stereocenters. The first-order valence-electron chi connectivity index (χ1n) is 5.55. The molecule has 3 heteroatoms. The number of benzene rings is 2. The van der Waals surface area contributed by atoms with E-state index < -0.39 is 6.18 Å². The molecule has 0 radical (unpaired) electrons. The van der Waals surface area contributed by atoms with Crippen LogP contribution in [-0.4, -0.2) is 6.18 Å². The minimum atomic E-state index is -4.00. The minimum absolute atomic E-state index is 0.188. The van der Waals surface area contributed by atoms with Crippen LogP contribution in [0.2, 0.25) is 0 Å². The summed E-state index contributed by atoms with van der Waals surface area (Å²) in [6.07, 6.45) is -4.00. The topological polar surface area (TPSA) is 0 Å². The van der Waals surface area contributed by atoms with Crippen molar-refractivity contribution in [3.05, 3.63) is 60.2 Å². The van der Waals surface area contributed by atoms with Gasteiger partial charge in [-0.25, -0.2) is 0 Å². The fourth-order valence-electron chi connectivity index (χ4n) is 1.51. The Morgan fingerprint density at radius 2 is 1.22 bits per heavy atom. The second-order valence-electron chi connectivity index (χ2n) is 3.96. The van der Waals surface area contributed by atoms with Gasteiger partial charge in [0.1, 0.15) is 0 Å². The largest absolute Gasteiger partial charge is 0.386 e. The molecule has 0 saturated carbocycles. The highest BCUT2D eigenvalue weighted by Gasteiger charge is 2.15. The molecule has 2 aromatic rings. The van der Waals surface area contributed by atoms with E-state index in [0.717, 1.165) is 0 Å². The van der Waals surface area contributed by atoms with Crippen LogP contribution in [0.4, 0.5) is 13.2 Å². The molecule has 0 bridgehead atoms. The van der Waals surface area contributed by atoms with Crippen molar-refractivity contribution in [1.29, 1.82) is 0 Å². The Hall–Kier alpha value is -1.77. The monoisotopic (exact) mass is 252 g/mol. The maximum atomic E-state index is 10.4. The van der Waals surface area contributed by atoms with E-state index in [4.69, 9.17) is 0 Å². The van der Waals surface area contributed by atoms with Crippen molar-refractivity contribution in [3.63, 3.8) is 0 Å². The molecule has 0 fully saturated rings. The second-order valence-corrected chi connectivity index (χ2v) is 3.96. The van der Waals surface area contributed by atoms with Crippen LogP contribution in [0, 0.1) is 6.92 Å². The number of hydrogen-bond acceptors (Lipinski definition) is 0. The fourth-order valence-corrected chi connectivity index (χ4v) is 1.51. The first-order chi connectivity index (χ1) is 8.38. The van der Waals surface area contributed by atoms with E-state index in [0.29, 0.717) is 0 Å². The first kappa shape index (κ1) is 14.3. The van der Waals surface area contributed by atoms with Gasteiger partial charge in [-0.1, -0.05) is 54.6 Å². The molecule has 0 aliphatic heterocycles. The standard InChI is InChI=1S/C13H12.C2H3F3/c1-11-7-5-6-10-13(11)12-8-3-2-4-9-12;1-2(3,4)5/h2-10H,1H3;1H3. The lowest BCUT2D eigenvalue weighted by atomic mass is 10.0. The third kappa shape index (κ3) is 5.53. The van der Waals surface area contributed by atoms with Gasteiger partial charge < -0.3 is 0 Å². The van der Waals surface area contributed by atoms with Crippen molar-refractivity contribution in [1.82, 2.24) is 0 Å². The van der Waals surface area contributed by atoms with E-state index in [-0.39, 0.29) is 6.92 Å². The van der Waals surface area contributed by atoms with Crippen molar-refractivity contribution >= 4 is 0 Å². The van der Waals surface area contributed by atoms with E-state index >= 15 is 0 Å². The van der Waals surface area contributed by atoms with Crippen LogP contribution in [0.3, 0.4) is 0 Å². The molecule has 0 aliphatic rings. The molecule has 18 heavy (non-hydrogen) atoms. The average molecular weight is 252 g/mol. The number of halogens is 3. The Kier molecular flexibility index (Phi) is 4.95. The van der Waals surface area contributed by atoms with E-state index in [1.165, 1.54) is 16.7 Å². The summed E-state index contributed by atoms with van der Waals surface area (Å²) in [4.78, 5) is 0. The van der Waals surface area contributed by atoms with Gasteiger partial charge in [0.05, 0.1) is 0 Å². The maximum absolute atomic E-state index is 10.4. The molecule has 0 aromatic heterocycles. The summed E-state index contributed by atoms with van der Waals surface area (Å²) in [6.45, 7) is 2.33. The smallest absolute Gasteiger partial charge is 0.172 e. The molecule has 0 unspecified atom stereocenters. The quantitative estimate of drug-likeness (QED) is 0.651. The highest BCUT2D eigenvalue weighted by Crippen LogP contribution is 2.21. The van der Waals surface area contributed by atoms with Crippen molar-refractivity contribution < 1.29 is 13.2 Å². The molecule has 0 spiro atoms. The van der Waals surface area contributed by atoms with Crippen LogP contribution in [-0.2, 0) is 0 Å². The number of hydrogen-bond donors (Lipinski definition) is 0. The van der Waals surface area contributed by atoms with Crippen LogP contribution < -0.4 is 0 Å². The highest BCUT2D eigenvalue weighted by atomic mass is 19.4. The molecular formula is C15H15F3. The molecule has 0 amide bonds. The highest BCUT2D eigenvalue weighted by molar-refractivity contribution is 5.66. The van der Waals surface area contributed by atoms with Gasteiger partial charge in [0.25, 0.3) is 0 Å². The predicted molar refractivity (Wildman–Crippen MR) is 68.3 cm³/mol. The van der Waals surface area contributed by atoms with Crippen LogP contribution >= 0.6 is 0 Å². The van der Waals surface area contributed by atoms with Gasteiger partial charge in [0.15, 0.2) is 0 Å². The van der Waals surface area contributed by atoms with E-state index in [1.807, 2.05) is 6.07 Å². The van der Waals surface area contributed by atoms with Gasteiger partial charge in [-0.2, -0.15) is 13.2 Å².